The molecule has 2 rings (SSSR count). The maximum absolute atomic E-state index is 10.9. The molecule has 0 aliphatic rings. The van der Waals surface area contributed by atoms with E-state index < -0.39 is 12.1 Å². The Morgan fingerprint density at radius 1 is 1.43 bits per heavy atom. The van der Waals surface area contributed by atoms with Gasteiger partial charge in [-0.25, -0.2) is 4.79 Å². The number of aromatic nitrogens is 2. The first-order valence-electron chi connectivity index (χ1n) is 6.26. The van der Waals surface area contributed by atoms with E-state index in [1.807, 2.05) is 24.3 Å². The Kier molecular flexibility index (Phi) is 4.60. The second-order valence-corrected chi connectivity index (χ2v) is 4.26. The monoisotopic (exact) mass is 292 g/mol. The standard InChI is InChI=1S/C13H16N4O4/c1-14-12-16-11(17-21-12)10(15-13(18)19)7-8-3-5-9(20-2)6-4-8/h3-6,10,15H,7H2,1-2H3,(H,18,19)(H,14,16,17)/t10-/m0/s1. The predicted octanol–water partition coefficient (Wildman–Crippen LogP) is 1.67. The van der Waals surface area contributed by atoms with Gasteiger partial charge in [-0.3, -0.25) is 0 Å². The highest BCUT2D eigenvalue weighted by atomic mass is 16.5. The van der Waals surface area contributed by atoms with Crippen LogP contribution in [0.5, 0.6) is 5.75 Å². The van der Waals surface area contributed by atoms with E-state index in [9.17, 15) is 4.79 Å². The molecule has 112 valence electrons. The summed E-state index contributed by atoms with van der Waals surface area (Å²) in [6.07, 6.45) is -0.747. The van der Waals surface area contributed by atoms with Gasteiger partial charge in [0.15, 0.2) is 5.82 Å². The number of carboxylic acid groups (broad SMARTS) is 1. The van der Waals surface area contributed by atoms with E-state index in [2.05, 4.69) is 20.8 Å². The molecule has 1 aromatic heterocycles. The van der Waals surface area contributed by atoms with Crippen LogP contribution < -0.4 is 15.4 Å². The molecule has 2 aromatic rings. The van der Waals surface area contributed by atoms with Crippen LogP contribution >= 0.6 is 0 Å². The molecule has 1 aromatic carbocycles. The topological polar surface area (TPSA) is 110 Å². The van der Waals surface area contributed by atoms with Gasteiger partial charge in [0.2, 0.25) is 0 Å². The van der Waals surface area contributed by atoms with E-state index in [1.54, 1.807) is 14.2 Å². The molecule has 8 nitrogen and oxygen atoms in total. The van der Waals surface area contributed by atoms with Crippen LogP contribution in [-0.4, -0.2) is 35.5 Å². The third-order valence-corrected chi connectivity index (χ3v) is 2.86. The van der Waals surface area contributed by atoms with Gasteiger partial charge in [0.05, 0.1) is 13.2 Å². The molecule has 0 radical (unpaired) electrons. The second-order valence-electron chi connectivity index (χ2n) is 4.26. The highest BCUT2D eigenvalue weighted by Gasteiger charge is 2.20. The predicted molar refractivity (Wildman–Crippen MR) is 74.4 cm³/mol. The molecular weight excluding hydrogens is 276 g/mol. The summed E-state index contributed by atoms with van der Waals surface area (Å²) in [5.41, 5.74) is 0.922. The highest BCUT2D eigenvalue weighted by Crippen LogP contribution is 2.19. The summed E-state index contributed by atoms with van der Waals surface area (Å²) in [4.78, 5) is 15.0. The number of carbonyl (C=O) groups is 1. The fraction of sp³-hybridized carbons (Fsp3) is 0.308. The van der Waals surface area contributed by atoms with Crippen LogP contribution in [0.4, 0.5) is 10.8 Å². The summed E-state index contributed by atoms with van der Waals surface area (Å²) in [5, 5.41) is 17.8. The fourth-order valence-corrected chi connectivity index (χ4v) is 1.83. The Morgan fingerprint density at radius 3 is 2.67 bits per heavy atom. The second kappa shape index (κ2) is 6.60. The van der Waals surface area contributed by atoms with Crippen molar-refractivity contribution in [3.05, 3.63) is 35.7 Å². The van der Waals surface area contributed by atoms with Crippen LogP contribution in [-0.2, 0) is 6.42 Å². The third kappa shape index (κ3) is 3.85. The van der Waals surface area contributed by atoms with Gasteiger partial charge in [-0.05, 0) is 17.7 Å². The lowest BCUT2D eigenvalue weighted by atomic mass is 10.1. The smallest absolute Gasteiger partial charge is 0.405 e. The molecule has 0 aliphatic carbocycles. The maximum atomic E-state index is 10.9. The molecule has 1 atom stereocenters. The van der Waals surface area contributed by atoms with Gasteiger partial charge in [-0.1, -0.05) is 17.3 Å². The number of nitrogens with zero attached hydrogens (tertiary/aromatic N) is 2. The number of hydrogen-bond donors (Lipinski definition) is 3. The fourth-order valence-electron chi connectivity index (χ4n) is 1.83. The summed E-state index contributed by atoms with van der Waals surface area (Å²) < 4.78 is 10.0. The Morgan fingerprint density at radius 2 is 2.14 bits per heavy atom. The summed E-state index contributed by atoms with van der Waals surface area (Å²) in [7, 11) is 3.22. The number of nitrogens with one attached hydrogen (secondary N) is 2. The van der Waals surface area contributed by atoms with Crippen molar-refractivity contribution in [1.82, 2.24) is 15.5 Å². The van der Waals surface area contributed by atoms with E-state index in [1.165, 1.54) is 0 Å². The van der Waals surface area contributed by atoms with Crippen molar-refractivity contribution in [1.29, 1.82) is 0 Å². The van der Waals surface area contributed by atoms with E-state index >= 15 is 0 Å². The minimum absolute atomic E-state index is 0.233. The van der Waals surface area contributed by atoms with Gasteiger partial charge in [-0.15, -0.1) is 0 Å². The molecule has 0 saturated carbocycles. The molecule has 0 saturated heterocycles. The molecule has 0 spiro atoms. The van der Waals surface area contributed by atoms with E-state index in [0.717, 1.165) is 11.3 Å². The minimum atomic E-state index is -1.15. The van der Waals surface area contributed by atoms with Gasteiger partial charge in [0.1, 0.15) is 5.75 Å². The number of methoxy groups -OCH3 is 1. The van der Waals surface area contributed by atoms with E-state index in [4.69, 9.17) is 14.4 Å². The van der Waals surface area contributed by atoms with Crippen molar-refractivity contribution in [3.63, 3.8) is 0 Å². The molecule has 0 bridgehead atoms. The van der Waals surface area contributed by atoms with Crippen LogP contribution in [0.25, 0.3) is 0 Å². The average Bonchev–Trinajstić information content (AvgIpc) is 2.96. The van der Waals surface area contributed by atoms with Crippen LogP contribution in [0.3, 0.4) is 0 Å². The van der Waals surface area contributed by atoms with Crippen LogP contribution in [0, 0.1) is 0 Å². The Hall–Kier alpha value is -2.77. The van der Waals surface area contributed by atoms with Crippen molar-refractivity contribution in [2.75, 3.05) is 19.5 Å². The van der Waals surface area contributed by atoms with Crippen LogP contribution in [0.2, 0.25) is 0 Å². The normalized spacial score (nSPS) is 11.7. The first kappa shape index (κ1) is 14.6. The zero-order valence-electron chi connectivity index (χ0n) is 11.7. The van der Waals surface area contributed by atoms with E-state index in [-0.39, 0.29) is 11.8 Å². The summed E-state index contributed by atoms with van der Waals surface area (Å²) in [5.74, 6) is 1.01. The zero-order valence-corrected chi connectivity index (χ0v) is 11.7. The van der Waals surface area contributed by atoms with Gasteiger partial charge < -0.3 is 25.0 Å². The first-order chi connectivity index (χ1) is 10.1. The van der Waals surface area contributed by atoms with Crippen molar-refractivity contribution in [2.45, 2.75) is 12.5 Å². The number of anilines is 1. The largest absolute Gasteiger partial charge is 0.497 e. The van der Waals surface area contributed by atoms with Crippen molar-refractivity contribution in [3.8, 4) is 5.75 Å². The van der Waals surface area contributed by atoms with Crippen LogP contribution in [0.1, 0.15) is 17.4 Å². The molecule has 0 fully saturated rings. The van der Waals surface area contributed by atoms with Crippen LogP contribution in [0.15, 0.2) is 28.8 Å². The van der Waals surface area contributed by atoms with Crippen molar-refractivity contribution >= 4 is 12.1 Å². The number of rotatable bonds is 6. The molecule has 1 heterocycles. The number of benzene rings is 1. The number of hydrogen-bond acceptors (Lipinski definition) is 6. The lowest BCUT2D eigenvalue weighted by molar-refractivity contribution is 0.189. The van der Waals surface area contributed by atoms with Gasteiger partial charge in [0.25, 0.3) is 0 Å². The summed E-state index contributed by atoms with van der Waals surface area (Å²) in [6.45, 7) is 0. The molecule has 8 heteroatoms. The van der Waals surface area contributed by atoms with Gasteiger partial charge in [0, 0.05) is 13.5 Å². The zero-order chi connectivity index (χ0) is 15.2. The molecule has 0 aliphatic heterocycles. The molecule has 0 unspecified atom stereocenters. The molecule has 21 heavy (non-hydrogen) atoms. The van der Waals surface area contributed by atoms with E-state index in [0.29, 0.717) is 6.42 Å². The quantitative estimate of drug-likeness (QED) is 0.742. The van der Waals surface area contributed by atoms with Gasteiger partial charge >= 0.3 is 12.1 Å². The first-order valence-corrected chi connectivity index (χ1v) is 6.26. The maximum Gasteiger partial charge on any atom is 0.405 e. The molecular formula is C13H16N4O4. The summed E-state index contributed by atoms with van der Waals surface area (Å²) in [6, 6.07) is 6.96. The number of amides is 1. The average molecular weight is 292 g/mol. The number of ether oxygens (including phenoxy) is 1. The lowest BCUT2D eigenvalue weighted by Gasteiger charge is -2.13. The van der Waals surface area contributed by atoms with Crippen molar-refractivity contribution in [2.24, 2.45) is 0 Å². The minimum Gasteiger partial charge on any atom is -0.497 e. The lowest BCUT2D eigenvalue weighted by Crippen LogP contribution is -2.29. The Bertz CT molecular complexity index is 596. The summed E-state index contributed by atoms with van der Waals surface area (Å²) >= 11 is 0. The molecule has 1 amide bonds. The third-order valence-electron chi connectivity index (χ3n) is 2.86. The Balaban J connectivity index is 2.16. The SMILES string of the molecule is CNc1nc([C@H](Cc2ccc(OC)cc2)NC(=O)O)no1. The Labute approximate surface area is 121 Å². The van der Waals surface area contributed by atoms with Crippen molar-refractivity contribution < 1.29 is 19.2 Å². The molecule has 3 N–H and O–H groups in total. The van der Waals surface area contributed by atoms with Gasteiger partial charge in [-0.2, -0.15) is 4.98 Å². The highest BCUT2D eigenvalue weighted by molar-refractivity contribution is 5.65.